The molecule has 4 saturated heterocycles. The zero-order chi connectivity index (χ0) is 21.9. The van der Waals surface area contributed by atoms with Gasteiger partial charge in [0, 0.05) is 32.2 Å². The van der Waals surface area contributed by atoms with Crippen molar-refractivity contribution in [2.24, 2.45) is 11.3 Å². The summed E-state index contributed by atoms with van der Waals surface area (Å²) in [5.41, 5.74) is 0.0177. The van der Waals surface area contributed by atoms with Crippen LogP contribution in [-0.2, 0) is 4.74 Å². The van der Waals surface area contributed by atoms with Crippen molar-refractivity contribution in [1.29, 1.82) is 0 Å². The van der Waals surface area contributed by atoms with Crippen LogP contribution in [-0.4, -0.2) is 91.3 Å². The number of carbonyl (C=O) groups excluding carboxylic acids is 1. The molecule has 4 aliphatic rings. The van der Waals surface area contributed by atoms with Gasteiger partial charge >= 0.3 is 6.09 Å². The highest BCUT2D eigenvalue weighted by atomic mass is 16.6. The minimum atomic E-state index is -0.405. The van der Waals surface area contributed by atoms with Crippen molar-refractivity contribution in [1.82, 2.24) is 20.0 Å². The monoisotopic (exact) mass is 434 g/mol. The molecule has 0 bridgehead atoms. The molecular formula is C25H46N4O2. The maximum absolute atomic E-state index is 12.4. The van der Waals surface area contributed by atoms with Crippen LogP contribution in [0.4, 0.5) is 4.79 Å². The van der Waals surface area contributed by atoms with Crippen molar-refractivity contribution in [2.75, 3.05) is 58.9 Å². The molecule has 0 aromatic heterocycles. The lowest BCUT2D eigenvalue weighted by atomic mass is 9.72. The molecule has 1 amide bonds. The molecule has 4 rings (SSSR count). The zero-order valence-corrected chi connectivity index (χ0v) is 20.3. The number of piperidine rings is 4. The first-order valence-electron chi connectivity index (χ1n) is 13.0. The number of hydrogen-bond donors (Lipinski definition) is 1. The second-order valence-corrected chi connectivity index (χ2v) is 11.8. The highest BCUT2D eigenvalue weighted by molar-refractivity contribution is 5.68. The van der Waals surface area contributed by atoms with E-state index in [2.05, 4.69) is 15.1 Å². The number of ether oxygens (including phenoxy) is 1. The van der Waals surface area contributed by atoms with Gasteiger partial charge in [-0.3, -0.25) is 0 Å². The summed E-state index contributed by atoms with van der Waals surface area (Å²) in [5, 5.41) is 3.50. The molecule has 0 aliphatic carbocycles. The normalized spacial score (nSPS) is 27.5. The molecule has 4 fully saturated rings. The maximum Gasteiger partial charge on any atom is 0.410 e. The third-order valence-corrected chi connectivity index (χ3v) is 8.21. The lowest BCUT2D eigenvalue weighted by Crippen LogP contribution is -2.52. The van der Waals surface area contributed by atoms with Gasteiger partial charge in [-0.25, -0.2) is 4.79 Å². The van der Waals surface area contributed by atoms with Crippen LogP contribution in [0.2, 0.25) is 0 Å². The summed E-state index contributed by atoms with van der Waals surface area (Å²) < 4.78 is 5.60. The highest BCUT2D eigenvalue weighted by Gasteiger charge is 2.40. The molecule has 0 atom stereocenters. The first kappa shape index (κ1) is 23.3. The van der Waals surface area contributed by atoms with Gasteiger partial charge in [0.25, 0.3) is 0 Å². The van der Waals surface area contributed by atoms with E-state index >= 15 is 0 Å². The number of hydrogen-bond acceptors (Lipinski definition) is 5. The largest absolute Gasteiger partial charge is 0.444 e. The quantitative estimate of drug-likeness (QED) is 0.736. The second-order valence-electron chi connectivity index (χ2n) is 11.8. The van der Waals surface area contributed by atoms with Crippen LogP contribution in [0.15, 0.2) is 0 Å². The van der Waals surface area contributed by atoms with Crippen molar-refractivity contribution in [3.05, 3.63) is 0 Å². The molecule has 0 unspecified atom stereocenters. The van der Waals surface area contributed by atoms with E-state index in [9.17, 15) is 4.79 Å². The Bertz CT molecular complexity index is 583. The molecule has 0 aromatic rings. The van der Waals surface area contributed by atoms with Crippen molar-refractivity contribution < 1.29 is 9.53 Å². The van der Waals surface area contributed by atoms with Crippen LogP contribution in [0.5, 0.6) is 0 Å². The fraction of sp³-hybridized carbons (Fsp3) is 0.960. The Morgan fingerprint density at radius 1 is 0.968 bits per heavy atom. The molecule has 4 heterocycles. The molecule has 0 radical (unpaired) electrons. The van der Waals surface area contributed by atoms with Gasteiger partial charge < -0.3 is 24.8 Å². The van der Waals surface area contributed by atoms with Crippen molar-refractivity contribution >= 4 is 6.09 Å². The third-order valence-electron chi connectivity index (χ3n) is 8.21. The molecule has 178 valence electrons. The van der Waals surface area contributed by atoms with Gasteiger partial charge in [0.2, 0.25) is 0 Å². The fourth-order valence-corrected chi connectivity index (χ4v) is 6.40. The minimum Gasteiger partial charge on any atom is -0.444 e. The Morgan fingerprint density at radius 3 is 2.29 bits per heavy atom. The van der Waals surface area contributed by atoms with Crippen molar-refractivity contribution in [3.8, 4) is 0 Å². The number of rotatable bonds is 3. The molecule has 1 N–H and O–H groups in total. The van der Waals surface area contributed by atoms with Gasteiger partial charge in [0.1, 0.15) is 5.60 Å². The number of amides is 1. The van der Waals surface area contributed by atoms with Gasteiger partial charge in [0.15, 0.2) is 0 Å². The molecule has 0 aromatic carbocycles. The molecule has 0 saturated carbocycles. The minimum absolute atomic E-state index is 0.129. The van der Waals surface area contributed by atoms with Crippen LogP contribution >= 0.6 is 0 Å². The van der Waals surface area contributed by atoms with E-state index in [1.54, 1.807) is 0 Å². The predicted octanol–water partition coefficient (Wildman–Crippen LogP) is 3.56. The first-order valence-corrected chi connectivity index (χ1v) is 13.0. The van der Waals surface area contributed by atoms with Crippen molar-refractivity contribution in [3.63, 3.8) is 0 Å². The summed E-state index contributed by atoms with van der Waals surface area (Å²) in [6, 6.07) is 0.829. The van der Waals surface area contributed by atoms with Gasteiger partial charge in [-0.15, -0.1) is 0 Å². The first-order chi connectivity index (χ1) is 14.8. The molecule has 4 aliphatic heterocycles. The van der Waals surface area contributed by atoms with E-state index in [-0.39, 0.29) is 6.09 Å². The molecule has 1 spiro atoms. The van der Waals surface area contributed by atoms with Crippen LogP contribution in [0.25, 0.3) is 0 Å². The number of nitrogens with zero attached hydrogens (tertiary/aromatic N) is 3. The summed E-state index contributed by atoms with van der Waals surface area (Å²) in [5.74, 6) is 0.870. The van der Waals surface area contributed by atoms with E-state index in [1.807, 2.05) is 25.7 Å². The van der Waals surface area contributed by atoms with E-state index < -0.39 is 5.60 Å². The Kier molecular flexibility index (Phi) is 7.49. The van der Waals surface area contributed by atoms with Crippen LogP contribution in [0, 0.1) is 11.3 Å². The third kappa shape index (κ3) is 6.35. The van der Waals surface area contributed by atoms with Gasteiger partial charge in [0.05, 0.1) is 0 Å². The summed E-state index contributed by atoms with van der Waals surface area (Å²) in [6.45, 7) is 16.4. The van der Waals surface area contributed by atoms with E-state index in [1.165, 1.54) is 84.3 Å². The van der Waals surface area contributed by atoms with Crippen LogP contribution < -0.4 is 5.32 Å². The van der Waals surface area contributed by atoms with Gasteiger partial charge in [-0.05, 0) is 116 Å². The van der Waals surface area contributed by atoms with Gasteiger partial charge in [-0.1, -0.05) is 0 Å². The van der Waals surface area contributed by atoms with E-state index in [0.717, 1.165) is 37.9 Å². The fourth-order valence-electron chi connectivity index (χ4n) is 6.40. The SMILES string of the molecule is CC(C)(C)OC(=O)N1CCC2(CCCN(CC3CCN(C4CCNCC4)CC3)C2)CC1. The Morgan fingerprint density at radius 2 is 1.65 bits per heavy atom. The topological polar surface area (TPSA) is 48.1 Å². The standard InChI is InChI=1S/C25H46N4O2/c1-24(2,3)31-23(30)29-17-10-25(11-18-29)9-4-14-27(20-25)19-21-7-15-28(16-8-21)22-5-12-26-13-6-22/h21-22,26H,4-20H2,1-3H3. The number of carbonyl (C=O) groups is 1. The smallest absolute Gasteiger partial charge is 0.410 e. The number of nitrogens with one attached hydrogen (secondary N) is 1. The van der Waals surface area contributed by atoms with Gasteiger partial charge in [-0.2, -0.15) is 0 Å². The average molecular weight is 435 g/mol. The van der Waals surface area contributed by atoms with E-state index in [4.69, 9.17) is 4.74 Å². The van der Waals surface area contributed by atoms with Crippen LogP contribution in [0.1, 0.15) is 72.1 Å². The molecule has 6 nitrogen and oxygen atoms in total. The predicted molar refractivity (Wildman–Crippen MR) is 125 cm³/mol. The Labute approximate surface area is 190 Å². The van der Waals surface area contributed by atoms with E-state index in [0.29, 0.717) is 5.41 Å². The molecule has 6 heteroatoms. The Hall–Kier alpha value is -0.850. The average Bonchev–Trinajstić information content (AvgIpc) is 2.74. The summed E-state index contributed by atoms with van der Waals surface area (Å²) in [6.07, 6.45) is 10.2. The lowest BCUT2D eigenvalue weighted by molar-refractivity contribution is -0.0105. The summed E-state index contributed by atoms with van der Waals surface area (Å²) in [7, 11) is 0. The highest BCUT2D eigenvalue weighted by Crippen LogP contribution is 2.40. The summed E-state index contributed by atoms with van der Waals surface area (Å²) >= 11 is 0. The lowest BCUT2D eigenvalue weighted by Gasteiger charge is -2.48. The maximum atomic E-state index is 12.4. The van der Waals surface area contributed by atoms with Crippen molar-refractivity contribution in [2.45, 2.75) is 83.8 Å². The molecule has 31 heavy (non-hydrogen) atoms. The number of likely N-dealkylation sites (tertiary alicyclic amines) is 3. The summed E-state index contributed by atoms with van der Waals surface area (Å²) in [4.78, 5) is 19.9. The second kappa shape index (κ2) is 9.96. The zero-order valence-electron chi connectivity index (χ0n) is 20.3. The Balaban J connectivity index is 1.21. The molecular weight excluding hydrogens is 388 g/mol. The van der Waals surface area contributed by atoms with Crippen LogP contribution in [0.3, 0.4) is 0 Å².